The second-order valence-corrected chi connectivity index (χ2v) is 10.0. The summed E-state index contributed by atoms with van der Waals surface area (Å²) >= 11 is 0. The Morgan fingerprint density at radius 1 is 1.00 bits per heavy atom. The van der Waals surface area contributed by atoms with Crippen LogP contribution in [0.15, 0.2) is 66.7 Å². The highest BCUT2D eigenvalue weighted by Gasteiger charge is 2.48. The van der Waals surface area contributed by atoms with E-state index >= 15 is 0 Å². The first-order chi connectivity index (χ1) is 19.4. The van der Waals surface area contributed by atoms with Gasteiger partial charge in [-0.3, -0.25) is 19.7 Å². The number of para-hydroxylation sites is 1. The Bertz CT molecular complexity index is 1630. The van der Waals surface area contributed by atoms with Crippen molar-refractivity contribution in [1.29, 1.82) is 0 Å². The third-order valence-corrected chi connectivity index (χ3v) is 7.88. The van der Waals surface area contributed by atoms with E-state index in [2.05, 4.69) is 4.98 Å². The van der Waals surface area contributed by atoms with Crippen molar-refractivity contribution in [2.24, 2.45) is 0 Å². The fourth-order valence-corrected chi connectivity index (χ4v) is 5.94. The van der Waals surface area contributed by atoms with Crippen LogP contribution in [0.25, 0.3) is 10.9 Å². The van der Waals surface area contributed by atoms with Crippen molar-refractivity contribution in [3.05, 3.63) is 99.2 Å². The average molecular weight is 541 g/mol. The van der Waals surface area contributed by atoms with E-state index in [1.165, 1.54) is 12.1 Å². The van der Waals surface area contributed by atoms with Crippen molar-refractivity contribution < 1.29 is 24.0 Å². The van der Waals surface area contributed by atoms with Gasteiger partial charge in [0.2, 0.25) is 11.8 Å². The van der Waals surface area contributed by atoms with Crippen LogP contribution in [-0.4, -0.2) is 64.9 Å². The number of fused-ring (bicyclic) bond motifs is 4. The molecule has 2 amide bonds. The molecule has 1 aromatic heterocycles. The summed E-state index contributed by atoms with van der Waals surface area (Å²) in [5.74, 6) is 0.963. The number of non-ortho nitro benzene ring substituents is 1. The third-order valence-electron chi connectivity index (χ3n) is 7.88. The summed E-state index contributed by atoms with van der Waals surface area (Å²) in [6.45, 7) is 0.342. The zero-order valence-corrected chi connectivity index (χ0v) is 22.1. The maximum absolute atomic E-state index is 13.9. The van der Waals surface area contributed by atoms with Gasteiger partial charge in [-0.1, -0.05) is 24.3 Å². The van der Waals surface area contributed by atoms with Crippen LogP contribution < -0.4 is 9.47 Å². The summed E-state index contributed by atoms with van der Waals surface area (Å²) in [5.41, 5.74) is 4.39. The molecule has 6 rings (SSSR count). The van der Waals surface area contributed by atoms with Crippen LogP contribution >= 0.6 is 0 Å². The van der Waals surface area contributed by atoms with Crippen LogP contribution in [0.1, 0.15) is 28.4 Å². The molecule has 0 bridgehead atoms. The number of aromatic amines is 1. The highest BCUT2D eigenvalue weighted by atomic mass is 16.6. The zero-order valence-electron chi connectivity index (χ0n) is 22.1. The number of rotatable bonds is 7. The number of carbonyl (C=O) groups excluding carboxylic acids is 2. The minimum Gasteiger partial charge on any atom is -0.493 e. The van der Waals surface area contributed by atoms with E-state index in [4.69, 9.17) is 9.47 Å². The highest BCUT2D eigenvalue weighted by molar-refractivity contribution is 5.97. The number of H-pyrrole nitrogens is 1. The lowest BCUT2D eigenvalue weighted by Gasteiger charge is -2.47. The van der Waals surface area contributed by atoms with Crippen molar-refractivity contribution in [3.8, 4) is 11.5 Å². The van der Waals surface area contributed by atoms with Crippen LogP contribution in [0, 0.1) is 10.1 Å². The number of hydrogen-bond acceptors (Lipinski definition) is 6. The quantitative estimate of drug-likeness (QED) is 0.280. The lowest BCUT2D eigenvalue weighted by atomic mass is 9.86. The molecular formula is C30H28N4O6. The van der Waals surface area contributed by atoms with Crippen molar-refractivity contribution in [1.82, 2.24) is 14.8 Å². The van der Waals surface area contributed by atoms with E-state index in [9.17, 15) is 19.7 Å². The van der Waals surface area contributed by atoms with E-state index in [0.29, 0.717) is 36.4 Å². The topological polar surface area (TPSA) is 118 Å². The third kappa shape index (κ3) is 4.21. The number of piperazine rings is 1. The van der Waals surface area contributed by atoms with Crippen LogP contribution in [0.2, 0.25) is 0 Å². The van der Waals surface area contributed by atoms with Gasteiger partial charge in [0.1, 0.15) is 6.04 Å². The molecule has 40 heavy (non-hydrogen) atoms. The van der Waals surface area contributed by atoms with E-state index in [0.717, 1.165) is 27.7 Å². The highest BCUT2D eigenvalue weighted by Crippen LogP contribution is 2.42. The first kappa shape index (κ1) is 25.4. The summed E-state index contributed by atoms with van der Waals surface area (Å²) in [6.07, 6.45) is 0.941. The Labute approximate surface area is 230 Å². The maximum Gasteiger partial charge on any atom is 0.269 e. The predicted octanol–water partition coefficient (Wildman–Crippen LogP) is 4.02. The molecule has 0 unspecified atom stereocenters. The number of amides is 2. The van der Waals surface area contributed by atoms with Crippen LogP contribution in [0.3, 0.4) is 0 Å². The second kappa shape index (κ2) is 10.0. The van der Waals surface area contributed by atoms with Gasteiger partial charge in [-0.2, -0.15) is 0 Å². The molecule has 1 saturated heterocycles. The standard InChI is InChI=1S/C30H28N4O6/c1-39-25-12-7-18(15-26(25)40-2)13-14-32-17-27(35)33-24(30(32)36)16-22-21-5-3-4-6-23(21)31-28(22)29(33)19-8-10-20(11-9-19)34(37)38/h3-12,15,24,29,31H,13-14,16-17H2,1-2H3/t24-,29-/m0/s1. The van der Waals surface area contributed by atoms with Crippen molar-refractivity contribution in [3.63, 3.8) is 0 Å². The summed E-state index contributed by atoms with van der Waals surface area (Å²) in [7, 11) is 3.15. The van der Waals surface area contributed by atoms with Gasteiger partial charge < -0.3 is 24.3 Å². The van der Waals surface area contributed by atoms with Crippen LogP contribution in [-0.2, 0) is 22.4 Å². The number of methoxy groups -OCH3 is 2. The number of nitrogens with one attached hydrogen (secondary N) is 1. The SMILES string of the molecule is COc1ccc(CCN2CC(=O)N3[C@@H](c4ccc([N+](=O)[O-])cc4)c4[nH]c5ccccc5c4C[C@H]3C2=O)cc1OC. The molecule has 1 N–H and O–H groups in total. The molecule has 1 fully saturated rings. The van der Waals surface area contributed by atoms with Crippen molar-refractivity contribution in [2.75, 3.05) is 27.3 Å². The fraction of sp³-hybridized carbons (Fsp3) is 0.267. The molecule has 4 aromatic rings. The Balaban J connectivity index is 1.34. The molecule has 0 aliphatic carbocycles. The first-order valence-corrected chi connectivity index (χ1v) is 13.0. The summed E-state index contributed by atoms with van der Waals surface area (Å²) in [5, 5.41) is 12.3. The largest absolute Gasteiger partial charge is 0.493 e. The summed E-state index contributed by atoms with van der Waals surface area (Å²) < 4.78 is 10.7. The predicted molar refractivity (Wildman–Crippen MR) is 147 cm³/mol. The lowest BCUT2D eigenvalue weighted by molar-refractivity contribution is -0.384. The molecule has 2 aliphatic rings. The monoisotopic (exact) mass is 540 g/mol. The van der Waals surface area contributed by atoms with Crippen molar-refractivity contribution >= 4 is 28.4 Å². The summed E-state index contributed by atoms with van der Waals surface area (Å²) in [4.78, 5) is 45.2. The van der Waals surface area contributed by atoms with Gasteiger partial charge in [0, 0.05) is 41.7 Å². The van der Waals surface area contributed by atoms with Crippen LogP contribution in [0.5, 0.6) is 11.5 Å². The molecular weight excluding hydrogens is 512 g/mol. The number of hydrogen-bond donors (Lipinski definition) is 1. The molecule has 204 valence electrons. The number of benzene rings is 3. The normalized spacial score (nSPS) is 18.4. The van der Waals surface area contributed by atoms with Gasteiger partial charge in [0.05, 0.1) is 31.7 Å². The van der Waals surface area contributed by atoms with Gasteiger partial charge >= 0.3 is 0 Å². The molecule has 3 heterocycles. The fourth-order valence-electron chi connectivity index (χ4n) is 5.94. The molecule has 2 atom stereocenters. The number of nitrogens with zero attached hydrogens (tertiary/aromatic N) is 3. The minimum absolute atomic E-state index is 0.0321. The molecule has 0 saturated carbocycles. The van der Waals surface area contributed by atoms with Gasteiger partial charge in [-0.25, -0.2) is 0 Å². The molecule has 2 aliphatic heterocycles. The number of aromatic nitrogens is 1. The van der Waals surface area contributed by atoms with Gasteiger partial charge in [-0.15, -0.1) is 0 Å². The molecule has 0 radical (unpaired) electrons. The van der Waals surface area contributed by atoms with E-state index in [1.807, 2.05) is 42.5 Å². The summed E-state index contributed by atoms with van der Waals surface area (Å²) in [6, 6.07) is 18.5. The first-order valence-electron chi connectivity index (χ1n) is 13.0. The zero-order chi connectivity index (χ0) is 28.0. The number of ether oxygens (including phenoxy) is 2. The van der Waals surface area contributed by atoms with Gasteiger partial charge in [-0.05, 0) is 53.4 Å². The maximum atomic E-state index is 13.9. The Morgan fingerprint density at radius 3 is 2.48 bits per heavy atom. The lowest BCUT2D eigenvalue weighted by Crippen LogP contribution is -2.63. The Hall–Kier alpha value is -4.86. The number of nitro groups is 1. The Kier molecular flexibility index (Phi) is 6.37. The molecule has 10 nitrogen and oxygen atoms in total. The Morgan fingerprint density at radius 2 is 1.75 bits per heavy atom. The van der Waals surface area contributed by atoms with Crippen molar-refractivity contribution in [2.45, 2.75) is 24.9 Å². The second-order valence-electron chi connectivity index (χ2n) is 10.0. The van der Waals surface area contributed by atoms with Gasteiger partial charge in [0.15, 0.2) is 11.5 Å². The average Bonchev–Trinajstić information content (AvgIpc) is 3.35. The van der Waals surface area contributed by atoms with Crippen LogP contribution in [0.4, 0.5) is 5.69 Å². The smallest absolute Gasteiger partial charge is 0.269 e. The number of carbonyl (C=O) groups is 2. The van der Waals surface area contributed by atoms with E-state index in [1.54, 1.807) is 36.2 Å². The molecule has 10 heteroatoms. The number of nitro benzene ring substituents is 1. The van der Waals surface area contributed by atoms with E-state index in [-0.39, 0.29) is 24.0 Å². The van der Waals surface area contributed by atoms with E-state index < -0.39 is 17.0 Å². The molecule has 0 spiro atoms. The minimum atomic E-state index is -0.682. The molecule has 3 aromatic carbocycles. The van der Waals surface area contributed by atoms with Gasteiger partial charge in [0.25, 0.3) is 5.69 Å².